The van der Waals surface area contributed by atoms with Crippen molar-refractivity contribution in [2.45, 2.75) is 13.0 Å². The minimum atomic E-state index is -0.728. The van der Waals surface area contributed by atoms with Gasteiger partial charge in [-0.15, -0.1) is 0 Å². The van der Waals surface area contributed by atoms with Gasteiger partial charge in [0.05, 0.1) is 5.69 Å². The highest BCUT2D eigenvalue weighted by Crippen LogP contribution is 2.28. The summed E-state index contributed by atoms with van der Waals surface area (Å²) in [6.45, 7) is 4.05. The fraction of sp³-hybridized carbons (Fsp3) is 0.429. The quantitative estimate of drug-likeness (QED) is 0.770. The lowest BCUT2D eigenvalue weighted by Gasteiger charge is -2.33. The first-order valence-corrected chi connectivity index (χ1v) is 7.34. The summed E-state index contributed by atoms with van der Waals surface area (Å²) in [5.41, 5.74) is 5.44. The summed E-state index contributed by atoms with van der Waals surface area (Å²) < 4.78 is 5.52. The Morgan fingerprint density at radius 1 is 1.55 bits per heavy atom. The number of carbonyl (C=O) groups is 2. The molecule has 1 aliphatic rings. The zero-order valence-electron chi connectivity index (χ0n) is 12.3. The largest absolute Gasteiger partial charge is 0.482 e. The molecule has 2 rings (SSSR count). The molecule has 3 amide bonds. The van der Waals surface area contributed by atoms with E-state index in [-0.39, 0.29) is 18.6 Å². The van der Waals surface area contributed by atoms with E-state index in [0.717, 1.165) is 13.1 Å². The zero-order valence-corrected chi connectivity index (χ0v) is 13.0. The van der Waals surface area contributed by atoms with Gasteiger partial charge in [0, 0.05) is 30.7 Å². The highest BCUT2D eigenvalue weighted by molar-refractivity contribution is 6.31. The molecule has 22 heavy (non-hydrogen) atoms. The van der Waals surface area contributed by atoms with Gasteiger partial charge in [-0.1, -0.05) is 11.6 Å². The molecular formula is C14H19ClN4O3. The maximum absolute atomic E-state index is 12.2. The van der Waals surface area contributed by atoms with Gasteiger partial charge >= 0.3 is 6.03 Å². The Bertz CT molecular complexity index is 567. The summed E-state index contributed by atoms with van der Waals surface area (Å²) in [5, 5.41) is 6.07. The molecule has 0 radical (unpaired) electrons. The number of nitrogens with zero attached hydrogens (tertiary/aromatic N) is 1. The predicted molar refractivity (Wildman–Crippen MR) is 84.2 cm³/mol. The Kier molecular flexibility index (Phi) is 5.46. The minimum Gasteiger partial charge on any atom is -0.482 e. The van der Waals surface area contributed by atoms with E-state index in [1.54, 1.807) is 17.0 Å². The number of urea groups is 1. The van der Waals surface area contributed by atoms with Crippen molar-refractivity contribution in [1.82, 2.24) is 10.2 Å². The van der Waals surface area contributed by atoms with Crippen LogP contribution in [0.25, 0.3) is 0 Å². The second-order valence-corrected chi connectivity index (χ2v) is 5.50. The standard InChI is InChI=1S/C14H19ClN4O3/c1-9-7-17-4-5-19(9)13(20)8-22-12-3-2-10(15)6-11(12)18-14(16)21/h2-3,6,9,17H,4-5,7-8H2,1H3,(H3,16,18,21). The van der Waals surface area contributed by atoms with Gasteiger partial charge in [0.2, 0.25) is 0 Å². The summed E-state index contributed by atoms with van der Waals surface area (Å²) >= 11 is 5.87. The Labute approximate surface area is 133 Å². The molecule has 0 bridgehead atoms. The van der Waals surface area contributed by atoms with Crippen LogP contribution < -0.4 is 21.1 Å². The first-order valence-electron chi connectivity index (χ1n) is 6.96. The summed E-state index contributed by atoms with van der Waals surface area (Å²) in [6.07, 6.45) is 0. The molecule has 8 heteroatoms. The number of halogens is 1. The van der Waals surface area contributed by atoms with Crippen LogP contribution in [0.4, 0.5) is 10.5 Å². The van der Waals surface area contributed by atoms with Gasteiger partial charge in [0.15, 0.2) is 6.61 Å². The van der Waals surface area contributed by atoms with Crippen molar-refractivity contribution in [3.63, 3.8) is 0 Å². The fourth-order valence-electron chi connectivity index (χ4n) is 2.29. The van der Waals surface area contributed by atoms with Gasteiger partial charge in [0.1, 0.15) is 5.75 Å². The average molecular weight is 327 g/mol. The number of nitrogens with one attached hydrogen (secondary N) is 2. The number of rotatable bonds is 4. The van der Waals surface area contributed by atoms with E-state index in [1.807, 2.05) is 6.92 Å². The number of primary amides is 1. The monoisotopic (exact) mass is 326 g/mol. The minimum absolute atomic E-state index is 0.103. The number of anilines is 1. The Morgan fingerprint density at radius 3 is 3.00 bits per heavy atom. The summed E-state index contributed by atoms with van der Waals surface area (Å²) in [5.74, 6) is 0.244. The molecule has 120 valence electrons. The highest BCUT2D eigenvalue weighted by atomic mass is 35.5. The van der Waals surface area contributed by atoms with Gasteiger partial charge < -0.3 is 26.0 Å². The van der Waals surface area contributed by atoms with Crippen LogP contribution in [0.3, 0.4) is 0 Å². The van der Waals surface area contributed by atoms with Crippen molar-refractivity contribution < 1.29 is 14.3 Å². The lowest BCUT2D eigenvalue weighted by Crippen LogP contribution is -2.53. The highest BCUT2D eigenvalue weighted by Gasteiger charge is 2.23. The third-order valence-electron chi connectivity index (χ3n) is 3.37. The third-order valence-corrected chi connectivity index (χ3v) is 3.61. The van der Waals surface area contributed by atoms with Gasteiger partial charge in [-0.3, -0.25) is 4.79 Å². The summed E-state index contributed by atoms with van der Waals surface area (Å²) in [4.78, 5) is 25.0. The van der Waals surface area contributed by atoms with E-state index in [2.05, 4.69) is 10.6 Å². The SMILES string of the molecule is CC1CNCCN1C(=O)COc1ccc(Cl)cc1NC(N)=O. The topological polar surface area (TPSA) is 96.7 Å². The molecule has 4 N–H and O–H groups in total. The predicted octanol–water partition coefficient (Wildman–Crippen LogP) is 1.03. The average Bonchev–Trinajstić information content (AvgIpc) is 2.46. The first-order chi connectivity index (χ1) is 10.5. The van der Waals surface area contributed by atoms with Gasteiger partial charge in [0.25, 0.3) is 5.91 Å². The van der Waals surface area contributed by atoms with Crippen LogP contribution in [0.15, 0.2) is 18.2 Å². The molecule has 1 fully saturated rings. The number of piperazine rings is 1. The van der Waals surface area contributed by atoms with Gasteiger partial charge in [-0.05, 0) is 25.1 Å². The van der Waals surface area contributed by atoms with Crippen LogP contribution in [0.5, 0.6) is 5.75 Å². The number of amides is 3. The van der Waals surface area contributed by atoms with E-state index in [4.69, 9.17) is 22.1 Å². The van der Waals surface area contributed by atoms with Crippen molar-refractivity contribution in [2.24, 2.45) is 5.73 Å². The number of nitrogens with two attached hydrogens (primary N) is 1. The zero-order chi connectivity index (χ0) is 16.1. The molecule has 1 aromatic carbocycles. The number of benzene rings is 1. The van der Waals surface area contributed by atoms with Crippen molar-refractivity contribution in [3.8, 4) is 5.75 Å². The molecule has 7 nitrogen and oxygen atoms in total. The summed E-state index contributed by atoms with van der Waals surface area (Å²) in [6, 6.07) is 4.11. The number of hydrogen-bond acceptors (Lipinski definition) is 4. The smallest absolute Gasteiger partial charge is 0.316 e. The van der Waals surface area contributed by atoms with Crippen molar-refractivity contribution >= 4 is 29.2 Å². The normalized spacial score (nSPS) is 17.9. The maximum atomic E-state index is 12.2. The fourth-order valence-corrected chi connectivity index (χ4v) is 2.46. The first kappa shape index (κ1) is 16.4. The second kappa shape index (κ2) is 7.33. The van der Waals surface area contributed by atoms with Crippen LogP contribution in [0.2, 0.25) is 5.02 Å². The van der Waals surface area contributed by atoms with E-state index in [9.17, 15) is 9.59 Å². The third kappa shape index (κ3) is 4.25. The van der Waals surface area contributed by atoms with Gasteiger partial charge in [-0.2, -0.15) is 0 Å². The number of carbonyl (C=O) groups excluding carboxylic acids is 2. The van der Waals surface area contributed by atoms with Crippen molar-refractivity contribution in [2.75, 3.05) is 31.6 Å². The van der Waals surface area contributed by atoms with Crippen LogP contribution >= 0.6 is 11.6 Å². The lowest BCUT2D eigenvalue weighted by molar-refractivity contribution is -0.136. The van der Waals surface area contributed by atoms with Crippen LogP contribution in [0.1, 0.15) is 6.92 Å². The molecule has 1 saturated heterocycles. The van der Waals surface area contributed by atoms with Crippen LogP contribution in [-0.4, -0.2) is 49.1 Å². The maximum Gasteiger partial charge on any atom is 0.316 e. The van der Waals surface area contributed by atoms with E-state index < -0.39 is 6.03 Å². The Morgan fingerprint density at radius 2 is 2.32 bits per heavy atom. The van der Waals surface area contributed by atoms with E-state index in [1.165, 1.54) is 6.07 Å². The van der Waals surface area contributed by atoms with E-state index in [0.29, 0.717) is 23.0 Å². The van der Waals surface area contributed by atoms with Crippen molar-refractivity contribution in [1.29, 1.82) is 0 Å². The molecule has 1 aromatic rings. The molecule has 0 aliphatic carbocycles. The lowest BCUT2D eigenvalue weighted by atomic mass is 10.2. The summed E-state index contributed by atoms with van der Waals surface area (Å²) in [7, 11) is 0. The molecule has 0 saturated carbocycles. The number of ether oxygens (including phenoxy) is 1. The molecule has 0 spiro atoms. The molecule has 1 unspecified atom stereocenters. The Balaban J connectivity index is 2.01. The number of hydrogen-bond donors (Lipinski definition) is 3. The molecular weight excluding hydrogens is 308 g/mol. The van der Waals surface area contributed by atoms with Gasteiger partial charge in [-0.25, -0.2) is 4.79 Å². The van der Waals surface area contributed by atoms with Crippen molar-refractivity contribution in [3.05, 3.63) is 23.2 Å². The second-order valence-electron chi connectivity index (χ2n) is 5.06. The molecule has 1 aliphatic heterocycles. The van der Waals surface area contributed by atoms with E-state index >= 15 is 0 Å². The Hall–Kier alpha value is -1.99. The molecule has 1 heterocycles. The molecule has 1 atom stereocenters. The van der Waals surface area contributed by atoms with Crippen LogP contribution in [0, 0.1) is 0 Å². The molecule has 0 aromatic heterocycles. The van der Waals surface area contributed by atoms with Crippen LogP contribution in [-0.2, 0) is 4.79 Å².